The molecule has 0 radical (unpaired) electrons. The second kappa shape index (κ2) is 5.83. The van der Waals surface area contributed by atoms with Crippen LogP contribution in [0.1, 0.15) is 46.0 Å². The van der Waals surface area contributed by atoms with Crippen molar-refractivity contribution in [3.05, 3.63) is 56.9 Å². The Morgan fingerprint density at radius 1 is 1.25 bits per heavy atom. The Labute approximate surface area is 127 Å². The quantitative estimate of drug-likeness (QED) is 0.899. The SMILES string of the molecule is Cc1ccc(C(=O)NC(C)c2cc(C)oc2C)c(Br)c1. The summed E-state index contributed by atoms with van der Waals surface area (Å²) in [5, 5.41) is 3.00. The molecule has 1 amide bonds. The van der Waals surface area contributed by atoms with Gasteiger partial charge in [0.1, 0.15) is 11.5 Å². The highest BCUT2D eigenvalue weighted by molar-refractivity contribution is 9.10. The van der Waals surface area contributed by atoms with Crippen LogP contribution in [0.5, 0.6) is 0 Å². The van der Waals surface area contributed by atoms with Gasteiger partial charge in [-0.25, -0.2) is 0 Å². The highest BCUT2D eigenvalue weighted by atomic mass is 79.9. The number of carbonyl (C=O) groups is 1. The molecule has 1 atom stereocenters. The monoisotopic (exact) mass is 335 g/mol. The molecule has 0 aliphatic heterocycles. The second-order valence-corrected chi connectivity index (χ2v) is 5.90. The van der Waals surface area contributed by atoms with Crippen LogP contribution in [0.4, 0.5) is 0 Å². The van der Waals surface area contributed by atoms with Gasteiger partial charge in [-0.05, 0) is 67.4 Å². The van der Waals surface area contributed by atoms with E-state index in [1.807, 2.05) is 52.0 Å². The molecule has 4 heteroatoms. The zero-order valence-corrected chi connectivity index (χ0v) is 13.7. The molecule has 0 saturated heterocycles. The number of carbonyl (C=O) groups excluding carboxylic acids is 1. The molecule has 0 spiro atoms. The van der Waals surface area contributed by atoms with Crippen LogP contribution in [0.2, 0.25) is 0 Å². The van der Waals surface area contributed by atoms with Gasteiger partial charge in [-0.2, -0.15) is 0 Å². The number of nitrogens with one attached hydrogen (secondary N) is 1. The molecule has 1 unspecified atom stereocenters. The summed E-state index contributed by atoms with van der Waals surface area (Å²) in [4.78, 5) is 12.3. The average molecular weight is 336 g/mol. The molecule has 0 aliphatic carbocycles. The summed E-state index contributed by atoms with van der Waals surface area (Å²) in [5.74, 6) is 1.61. The van der Waals surface area contributed by atoms with Gasteiger partial charge in [0.15, 0.2) is 0 Å². The molecule has 0 saturated carbocycles. The van der Waals surface area contributed by atoms with Gasteiger partial charge in [-0.1, -0.05) is 6.07 Å². The van der Waals surface area contributed by atoms with Crippen LogP contribution in [0.25, 0.3) is 0 Å². The maximum absolute atomic E-state index is 12.3. The minimum atomic E-state index is -0.0948. The zero-order valence-electron chi connectivity index (χ0n) is 12.1. The van der Waals surface area contributed by atoms with Crippen LogP contribution >= 0.6 is 15.9 Å². The van der Waals surface area contributed by atoms with Crippen LogP contribution in [0.15, 0.2) is 33.2 Å². The number of aryl methyl sites for hydroxylation is 3. The van der Waals surface area contributed by atoms with Gasteiger partial charge in [0, 0.05) is 10.0 Å². The number of amides is 1. The number of hydrogen-bond donors (Lipinski definition) is 1. The van der Waals surface area contributed by atoms with Gasteiger partial charge >= 0.3 is 0 Å². The third kappa shape index (κ3) is 3.12. The van der Waals surface area contributed by atoms with Crippen molar-refractivity contribution in [2.24, 2.45) is 0 Å². The molecular weight excluding hydrogens is 318 g/mol. The number of benzene rings is 1. The lowest BCUT2D eigenvalue weighted by atomic mass is 10.1. The standard InChI is InChI=1S/C16H18BrNO2/c1-9-5-6-13(15(17)7-9)16(19)18-11(3)14-8-10(2)20-12(14)4/h5-8,11H,1-4H3,(H,18,19). The first kappa shape index (κ1) is 14.9. The first-order valence-electron chi connectivity index (χ1n) is 6.52. The summed E-state index contributed by atoms with van der Waals surface area (Å²) in [7, 11) is 0. The van der Waals surface area contributed by atoms with E-state index in [0.717, 1.165) is 27.1 Å². The molecule has 0 bridgehead atoms. The van der Waals surface area contributed by atoms with Crippen LogP contribution in [0, 0.1) is 20.8 Å². The Morgan fingerprint density at radius 2 is 1.95 bits per heavy atom. The van der Waals surface area contributed by atoms with E-state index in [4.69, 9.17) is 4.42 Å². The average Bonchev–Trinajstić information content (AvgIpc) is 2.68. The Kier molecular flexibility index (Phi) is 4.33. The van der Waals surface area contributed by atoms with Crippen molar-refractivity contribution in [3.8, 4) is 0 Å². The van der Waals surface area contributed by atoms with E-state index in [0.29, 0.717) is 5.56 Å². The number of halogens is 1. The predicted octanol–water partition coefficient (Wildman–Crippen LogP) is 4.46. The van der Waals surface area contributed by atoms with E-state index in [9.17, 15) is 4.79 Å². The summed E-state index contributed by atoms with van der Waals surface area (Å²) in [6.07, 6.45) is 0. The Bertz CT molecular complexity index is 646. The van der Waals surface area contributed by atoms with Crippen LogP contribution < -0.4 is 5.32 Å². The van der Waals surface area contributed by atoms with Gasteiger partial charge < -0.3 is 9.73 Å². The van der Waals surface area contributed by atoms with Crippen LogP contribution in [0.3, 0.4) is 0 Å². The molecule has 0 aliphatic rings. The summed E-state index contributed by atoms with van der Waals surface area (Å²) in [6.45, 7) is 7.76. The molecule has 1 heterocycles. The van der Waals surface area contributed by atoms with Crippen molar-refractivity contribution in [2.45, 2.75) is 33.7 Å². The van der Waals surface area contributed by atoms with Crippen molar-refractivity contribution < 1.29 is 9.21 Å². The summed E-state index contributed by atoms with van der Waals surface area (Å²) < 4.78 is 6.31. The molecule has 106 valence electrons. The molecule has 1 N–H and O–H groups in total. The molecule has 1 aromatic carbocycles. The van der Waals surface area contributed by atoms with Gasteiger partial charge in [0.2, 0.25) is 0 Å². The van der Waals surface area contributed by atoms with Gasteiger partial charge in [0.05, 0.1) is 11.6 Å². The topological polar surface area (TPSA) is 42.2 Å². The molecular formula is C16H18BrNO2. The summed E-state index contributed by atoms with van der Waals surface area (Å²) in [6, 6.07) is 7.57. The van der Waals surface area contributed by atoms with E-state index in [1.54, 1.807) is 0 Å². The highest BCUT2D eigenvalue weighted by Gasteiger charge is 2.17. The molecule has 2 rings (SSSR count). The maximum Gasteiger partial charge on any atom is 0.252 e. The smallest absolute Gasteiger partial charge is 0.252 e. The summed E-state index contributed by atoms with van der Waals surface area (Å²) >= 11 is 3.43. The zero-order chi connectivity index (χ0) is 14.9. The van der Waals surface area contributed by atoms with E-state index >= 15 is 0 Å². The number of hydrogen-bond acceptors (Lipinski definition) is 2. The third-order valence-electron chi connectivity index (χ3n) is 3.26. The number of rotatable bonds is 3. The van der Waals surface area contributed by atoms with Crippen molar-refractivity contribution in [2.75, 3.05) is 0 Å². The minimum absolute atomic E-state index is 0.0897. The molecule has 2 aromatic rings. The van der Waals surface area contributed by atoms with Crippen molar-refractivity contribution in [3.63, 3.8) is 0 Å². The lowest BCUT2D eigenvalue weighted by Gasteiger charge is -2.14. The van der Waals surface area contributed by atoms with Crippen LogP contribution in [-0.4, -0.2) is 5.91 Å². The van der Waals surface area contributed by atoms with E-state index < -0.39 is 0 Å². The Morgan fingerprint density at radius 3 is 2.50 bits per heavy atom. The minimum Gasteiger partial charge on any atom is -0.466 e. The van der Waals surface area contributed by atoms with E-state index in [1.165, 1.54) is 0 Å². The fourth-order valence-electron chi connectivity index (χ4n) is 2.24. The third-order valence-corrected chi connectivity index (χ3v) is 3.92. The first-order valence-corrected chi connectivity index (χ1v) is 7.31. The van der Waals surface area contributed by atoms with Crippen LogP contribution in [-0.2, 0) is 0 Å². The Balaban J connectivity index is 2.17. The largest absolute Gasteiger partial charge is 0.466 e. The lowest BCUT2D eigenvalue weighted by Crippen LogP contribution is -2.27. The highest BCUT2D eigenvalue weighted by Crippen LogP contribution is 2.23. The van der Waals surface area contributed by atoms with Gasteiger partial charge in [-0.3, -0.25) is 4.79 Å². The lowest BCUT2D eigenvalue weighted by molar-refractivity contribution is 0.0939. The molecule has 1 aromatic heterocycles. The van der Waals surface area contributed by atoms with Gasteiger partial charge in [0.25, 0.3) is 5.91 Å². The molecule has 0 fully saturated rings. The predicted molar refractivity (Wildman–Crippen MR) is 82.9 cm³/mol. The molecule has 3 nitrogen and oxygen atoms in total. The summed E-state index contributed by atoms with van der Waals surface area (Å²) in [5.41, 5.74) is 2.77. The Hall–Kier alpha value is -1.55. The first-order chi connectivity index (χ1) is 9.38. The maximum atomic E-state index is 12.3. The number of furan rings is 1. The molecule has 20 heavy (non-hydrogen) atoms. The van der Waals surface area contributed by atoms with E-state index in [2.05, 4.69) is 21.2 Å². The van der Waals surface area contributed by atoms with E-state index in [-0.39, 0.29) is 11.9 Å². The fourth-order valence-corrected chi connectivity index (χ4v) is 2.91. The van der Waals surface area contributed by atoms with Crippen molar-refractivity contribution in [1.82, 2.24) is 5.32 Å². The fraction of sp³-hybridized carbons (Fsp3) is 0.312. The van der Waals surface area contributed by atoms with Crippen molar-refractivity contribution in [1.29, 1.82) is 0 Å². The van der Waals surface area contributed by atoms with Gasteiger partial charge in [-0.15, -0.1) is 0 Å². The second-order valence-electron chi connectivity index (χ2n) is 5.05. The normalized spacial score (nSPS) is 12.2. The van der Waals surface area contributed by atoms with Crippen molar-refractivity contribution >= 4 is 21.8 Å².